The average molecular weight is 789 g/mol. The van der Waals surface area contributed by atoms with Crippen molar-refractivity contribution in [2.75, 3.05) is 0 Å². The highest BCUT2D eigenvalue weighted by molar-refractivity contribution is 6.23. The van der Waals surface area contributed by atoms with Gasteiger partial charge in [0.15, 0.2) is 0 Å². The van der Waals surface area contributed by atoms with Gasteiger partial charge in [0, 0.05) is 32.9 Å². The predicted molar refractivity (Wildman–Crippen MR) is 249 cm³/mol. The normalized spacial score (nSPS) is 11.3. The molecule has 9 aromatic carbocycles. The van der Waals surface area contributed by atoms with Crippen molar-refractivity contribution >= 4 is 65.2 Å². The lowest BCUT2D eigenvalue weighted by atomic mass is 9.83. The maximum absolute atomic E-state index is 9.87. The highest BCUT2D eigenvalue weighted by atomic mass is 15.0. The van der Waals surface area contributed by atoms with Crippen LogP contribution in [-0.4, -0.2) is 9.13 Å². The molecule has 0 aliphatic carbocycles. The van der Waals surface area contributed by atoms with Crippen LogP contribution >= 0.6 is 0 Å². The third-order valence-electron chi connectivity index (χ3n) is 12.5. The van der Waals surface area contributed by atoms with Crippen LogP contribution in [0.3, 0.4) is 0 Å². The van der Waals surface area contributed by atoms with E-state index in [1.807, 2.05) is 72.8 Å². The van der Waals surface area contributed by atoms with Crippen LogP contribution < -0.4 is 0 Å². The second-order valence-electron chi connectivity index (χ2n) is 15.9. The van der Waals surface area contributed by atoms with E-state index in [4.69, 9.17) is 0 Å². The minimum absolute atomic E-state index is 0.563. The molecule has 0 bridgehead atoms. The fraction of sp³-hybridized carbons (Fsp3) is 0.0357. The number of fused-ring (bicyclic) bond motifs is 8. The summed E-state index contributed by atoms with van der Waals surface area (Å²) in [6.45, 7) is 4.33. The molecular weight excluding hydrogens is 757 g/mol. The molecule has 2 heterocycles. The van der Waals surface area contributed by atoms with Crippen LogP contribution in [0.4, 0.5) is 0 Å². The first-order valence-corrected chi connectivity index (χ1v) is 20.3. The van der Waals surface area contributed by atoms with Crippen molar-refractivity contribution in [2.24, 2.45) is 0 Å². The molecule has 0 saturated carbocycles. The Kier molecular flexibility index (Phi) is 8.07. The fourth-order valence-corrected chi connectivity index (χ4v) is 9.65. The zero-order valence-corrected chi connectivity index (χ0v) is 33.7. The third-order valence-corrected chi connectivity index (χ3v) is 12.5. The average Bonchev–Trinajstić information content (AvgIpc) is 3.82. The standard InChI is InChI=1S/C56H32N6/c1-33-7-3-5-9-41(33)55-43-17-15-40(62-53-21-13-37(31-59)25-47(53)48-26-38(32-60)14-22-54(48)62)28-50(43)56(42-10-6-4-8-34(42)2)44-18-16-39(27-49(44)55)61-51-19-11-35(29-57)23-45(51)46-24-36(30-58)12-20-52(46)61/h3-28H,1-2H3. The van der Waals surface area contributed by atoms with Crippen molar-refractivity contribution in [3.63, 3.8) is 0 Å². The number of hydrogen-bond acceptors (Lipinski definition) is 4. The molecule has 0 aliphatic rings. The number of rotatable bonds is 4. The Balaban J connectivity index is 1.28. The molecule has 0 fully saturated rings. The number of hydrogen-bond donors (Lipinski definition) is 0. The number of nitriles is 4. The number of aryl methyl sites for hydroxylation is 2. The Morgan fingerprint density at radius 3 is 0.952 bits per heavy atom. The Labute approximate surface area is 356 Å². The lowest BCUT2D eigenvalue weighted by Crippen LogP contribution is -1.99. The molecule has 6 heteroatoms. The molecule has 0 N–H and O–H groups in total. The van der Waals surface area contributed by atoms with E-state index in [0.29, 0.717) is 22.3 Å². The predicted octanol–water partition coefficient (Wildman–Crippen LogP) is 13.6. The van der Waals surface area contributed by atoms with Crippen LogP contribution in [0.15, 0.2) is 158 Å². The molecule has 286 valence electrons. The second kappa shape index (κ2) is 13.8. The van der Waals surface area contributed by atoms with Crippen molar-refractivity contribution in [3.05, 3.63) is 191 Å². The molecule has 0 atom stereocenters. The smallest absolute Gasteiger partial charge is 0.0991 e. The number of aromatic nitrogens is 2. The van der Waals surface area contributed by atoms with E-state index in [1.165, 1.54) is 0 Å². The van der Waals surface area contributed by atoms with E-state index in [1.54, 1.807) is 0 Å². The summed E-state index contributed by atoms with van der Waals surface area (Å²) in [5.41, 5.74) is 14.8. The van der Waals surface area contributed by atoms with Gasteiger partial charge in [-0.2, -0.15) is 21.0 Å². The maximum Gasteiger partial charge on any atom is 0.0991 e. The summed E-state index contributed by atoms with van der Waals surface area (Å²) < 4.78 is 4.49. The Hall–Kier alpha value is -8.94. The molecule has 6 nitrogen and oxygen atoms in total. The van der Waals surface area contributed by atoms with Gasteiger partial charge in [-0.1, -0.05) is 60.7 Å². The Morgan fingerprint density at radius 2 is 0.645 bits per heavy atom. The maximum atomic E-state index is 9.87. The first-order chi connectivity index (χ1) is 30.4. The first kappa shape index (κ1) is 36.2. The Bertz CT molecular complexity index is 3540. The molecular formula is C56H32N6. The molecule has 0 unspecified atom stereocenters. The highest BCUT2D eigenvalue weighted by Gasteiger charge is 2.23. The van der Waals surface area contributed by atoms with E-state index < -0.39 is 0 Å². The van der Waals surface area contributed by atoms with E-state index in [0.717, 1.165) is 110 Å². The largest absolute Gasteiger partial charge is 0.309 e. The van der Waals surface area contributed by atoms with Crippen LogP contribution in [0.25, 0.3) is 98.8 Å². The molecule has 11 rings (SSSR count). The second-order valence-corrected chi connectivity index (χ2v) is 15.9. The number of benzene rings is 9. The summed E-state index contributed by atoms with van der Waals surface area (Å²) in [5.74, 6) is 0. The molecule has 0 amide bonds. The van der Waals surface area contributed by atoms with Crippen LogP contribution in [0.2, 0.25) is 0 Å². The quantitative estimate of drug-likeness (QED) is 0.166. The van der Waals surface area contributed by atoms with Gasteiger partial charge in [0.25, 0.3) is 0 Å². The SMILES string of the molecule is Cc1ccccc1-c1c2ccc(-n3c4ccc(C#N)cc4c4cc(C#N)ccc43)cc2c(-c2ccccc2C)c2ccc(-n3c4ccc(C#N)cc4c4cc(C#N)ccc43)cc12. The summed E-state index contributed by atoms with van der Waals surface area (Å²) in [6, 6.07) is 62.8. The van der Waals surface area contributed by atoms with Gasteiger partial charge in [0.2, 0.25) is 0 Å². The van der Waals surface area contributed by atoms with Crippen LogP contribution in [-0.2, 0) is 0 Å². The Morgan fingerprint density at radius 1 is 0.323 bits per heavy atom. The fourth-order valence-electron chi connectivity index (χ4n) is 9.65. The monoisotopic (exact) mass is 788 g/mol. The van der Waals surface area contributed by atoms with Gasteiger partial charge in [-0.15, -0.1) is 0 Å². The summed E-state index contributed by atoms with van der Waals surface area (Å²) in [7, 11) is 0. The summed E-state index contributed by atoms with van der Waals surface area (Å²) in [5, 5.41) is 47.5. The van der Waals surface area contributed by atoms with Gasteiger partial charge in [-0.3, -0.25) is 0 Å². The van der Waals surface area contributed by atoms with Crippen molar-refractivity contribution in [1.82, 2.24) is 9.13 Å². The van der Waals surface area contributed by atoms with Gasteiger partial charge in [0.1, 0.15) is 0 Å². The summed E-state index contributed by atoms with van der Waals surface area (Å²) in [4.78, 5) is 0. The van der Waals surface area contributed by atoms with Crippen molar-refractivity contribution in [2.45, 2.75) is 13.8 Å². The van der Waals surface area contributed by atoms with Gasteiger partial charge in [-0.05, 0) is 166 Å². The van der Waals surface area contributed by atoms with E-state index in [-0.39, 0.29) is 0 Å². The van der Waals surface area contributed by atoms with Crippen molar-refractivity contribution in [1.29, 1.82) is 21.0 Å². The van der Waals surface area contributed by atoms with E-state index in [9.17, 15) is 21.0 Å². The first-order valence-electron chi connectivity index (χ1n) is 20.3. The van der Waals surface area contributed by atoms with Gasteiger partial charge >= 0.3 is 0 Å². The lowest BCUT2D eigenvalue weighted by Gasteiger charge is -2.22. The van der Waals surface area contributed by atoms with Crippen molar-refractivity contribution < 1.29 is 0 Å². The third kappa shape index (κ3) is 5.32. The zero-order chi connectivity index (χ0) is 42.2. The molecule has 11 aromatic rings. The molecule has 0 aliphatic heterocycles. The molecule has 0 saturated heterocycles. The van der Waals surface area contributed by atoms with Crippen molar-refractivity contribution in [3.8, 4) is 57.9 Å². The van der Waals surface area contributed by atoms with Gasteiger partial charge < -0.3 is 9.13 Å². The lowest BCUT2D eigenvalue weighted by molar-refractivity contribution is 1.18. The van der Waals surface area contributed by atoms with E-state index in [2.05, 4.69) is 132 Å². The van der Waals surface area contributed by atoms with Crippen LogP contribution in [0.5, 0.6) is 0 Å². The summed E-state index contributed by atoms with van der Waals surface area (Å²) in [6.07, 6.45) is 0. The minimum atomic E-state index is 0.563. The molecule has 2 aromatic heterocycles. The minimum Gasteiger partial charge on any atom is -0.309 e. The van der Waals surface area contributed by atoms with Crippen LogP contribution in [0.1, 0.15) is 33.4 Å². The topological polar surface area (TPSA) is 105 Å². The van der Waals surface area contributed by atoms with Gasteiger partial charge in [-0.25, -0.2) is 0 Å². The zero-order valence-electron chi connectivity index (χ0n) is 33.7. The van der Waals surface area contributed by atoms with Gasteiger partial charge in [0.05, 0.1) is 68.6 Å². The summed E-state index contributed by atoms with van der Waals surface area (Å²) >= 11 is 0. The van der Waals surface area contributed by atoms with E-state index >= 15 is 0 Å². The van der Waals surface area contributed by atoms with Crippen LogP contribution in [0, 0.1) is 59.2 Å². The molecule has 0 radical (unpaired) electrons. The highest BCUT2D eigenvalue weighted by Crippen LogP contribution is 2.47. The number of nitrogens with zero attached hydrogens (tertiary/aromatic N) is 6. The molecule has 0 spiro atoms. The molecule has 62 heavy (non-hydrogen) atoms.